The van der Waals surface area contributed by atoms with Gasteiger partial charge in [0.05, 0.1) is 4.88 Å². The molecule has 0 saturated carbocycles. The second-order valence-electron chi connectivity index (χ2n) is 5.48. The summed E-state index contributed by atoms with van der Waals surface area (Å²) in [6, 6.07) is 13.1. The Morgan fingerprint density at radius 2 is 2.08 bits per heavy atom. The van der Waals surface area contributed by atoms with E-state index in [2.05, 4.69) is 4.99 Å². The Hall–Kier alpha value is -2.63. The van der Waals surface area contributed by atoms with Crippen molar-refractivity contribution in [3.63, 3.8) is 0 Å². The molecule has 0 fully saturated rings. The summed E-state index contributed by atoms with van der Waals surface area (Å²) in [6.07, 6.45) is 1.57. The number of ether oxygens (including phenoxy) is 1. The number of thiophene rings is 1. The van der Waals surface area contributed by atoms with Crippen LogP contribution >= 0.6 is 22.9 Å². The average Bonchev–Trinajstić information content (AvgIpc) is 3.32. The molecule has 124 valence electrons. The van der Waals surface area contributed by atoms with E-state index in [1.165, 1.54) is 11.3 Å². The zero-order valence-corrected chi connectivity index (χ0v) is 14.7. The lowest BCUT2D eigenvalue weighted by molar-refractivity contribution is -0.129. The van der Waals surface area contributed by atoms with E-state index in [4.69, 9.17) is 20.8 Å². The SMILES string of the molecule is Cc1ccc(-c2ccc(/C=C3/N=C(c4cccs4)OC3=O)o2)cc1Cl. The molecule has 4 nitrogen and oxygen atoms in total. The number of carbonyl (C=O) groups is 1. The topological polar surface area (TPSA) is 51.8 Å². The highest BCUT2D eigenvalue weighted by Crippen LogP contribution is 2.28. The van der Waals surface area contributed by atoms with Crippen molar-refractivity contribution in [2.75, 3.05) is 0 Å². The van der Waals surface area contributed by atoms with Gasteiger partial charge in [-0.25, -0.2) is 9.79 Å². The highest BCUT2D eigenvalue weighted by atomic mass is 35.5. The largest absolute Gasteiger partial charge is 0.457 e. The van der Waals surface area contributed by atoms with Crippen LogP contribution in [-0.2, 0) is 9.53 Å². The number of aliphatic imine (C=N–C) groups is 1. The van der Waals surface area contributed by atoms with Gasteiger partial charge in [0, 0.05) is 16.7 Å². The molecule has 3 aromatic rings. The van der Waals surface area contributed by atoms with Gasteiger partial charge in [0.1, 0.15) is 11.5 Å². The van der Waals surface area contributed by atoms with E-state index in [1.54, 1.807) is 12.1 Å². The first kappa shape index (κ1) is 15.9. The number of esters is 1. The standard InChI is InChI=1S/C19H12ClNO3S/c1-11-4-5-12(9-14(11)20)16-7-6-13(23-16)10-15-19(22)24-18(21-15)17-3-2-8-25-17/h2-10H,1H3/b15-10+. The van der Waals surface area contributed by atoms with Crippen molar-refractivity contribution in [2.24, 2.45) is 4.99 Å². The number of halogens is 1. The maximum atomic E-state index is 12.0. The predicted octanol–water partition coefficient (Wildman–Crippen LogP) is 5.31. The van der Waals surface area contributed by atoms with Crippen LogP contribution in [0.3, 0.4) is 0 Å². The first-order valence-electron chi connectivity index (χ1n) is 7.53. The molecule has 25 heavy (non-hydrogen) atoms. The fourth-order valence-corrected chi connectivity index (χ4v) is 3.21. The highest BCUT2D eigenvalue weighted by molar-refractivity contribution is 7.12. The number of nitrogens with zero attached hydrogens (tertiary/aromatic N) is 1. The third kappa shape index (κ3) is 3.16. The summed E-state index contributed by atoms with van der Waals surface area (Å²) in [5, 5.41) is 2.58. The molecule has 2 aromatic heterocycles. The number of aryl methyl sites for hydroxylation is 1. The minimum Gasteiger partial charge on any atom is -0.457 e. The van der Waals surface area contributed by atoms with E-state index in [1.807, 2.05) is 48.7 Å². The van der Waals surface area contributed by atoms with Gasteiger partial charge in [-0.05, 0) is 42.1 Å². The highest BCUT2D eigenvalue weighted by Gasteiger charge is 2.25. The van der Waals surface area contributed by atoms with Gasteiger partial charge < -0.3 is 9.15 Å². The van der Waals surface area contributed by atoms with Gasteiger partial charge >= 0.3 is 5.97 Å². The molecule has 6 heteroatoms. The first-order chi connectivity index (χ1) is 12.1. The Balaban J connectivity index is 1.63. The molecule has 3 heterocycles. The van der Waals surface area contributed by atoms with Gasteiger partial charge in [0.25, 0.3) is 0 Å². The quantitative estimate of drug-likeness (QED) is 0.464. The van der Waals surface area contributed by atoms with Gasteiger partial charge in [-0.1, -0.05) is 29.8 Å². The molecule has 0 spiro atoms. The van der Waals surface area contributed by atoms with Crippen molar-refractivity contribution in [1.82, 2.24) is 0 Å². The Morgan fingerprint density at radius 3 is 2.84 bits per heavy atom. The summed E-state index contributed by atoms with van der Waals surface area (Å²) in [5.41, 5.74) is 2.09. The van der Waals surface area contributed by atoms with E-state index < -0.39 is 5.97 Å². The van der Waals surface area contributed by atoms with E-state index in [-0.39, 0.29) is 5.70 Å². The molecule has 0 N–H and O–H groups in total. The molecular formula is C19H12ClNO3S. The molecule has 0 radical (unpaired) electrons. The molecule has 0 amide bonds. The molecule has 0 saturated heterocycles. The average molecular weight is 370 g/mol. The second kappa shape index (κ2) is 6.35. The van der Waals surface area contributed by atoms with Crippen molar-refractivity contribution < 1.29 is 13.9 Å². The minimum absolute atomic E-state index is 0.214. The number of hydrogen-bond acceptors (Lipinski definition) is 5. The third-order valence-electron chi connectivity index (χ3n) is 3.71. The Bertz CT molecular complexity index is 1020. The van der Waals surface area contributed by atoms with Crippen molar-refractivity contribution in [1.29, 1.82) is 0 Å². The van der Waals surface area contributed by atoms with Crippen molar-refractivity contribution in [3.05, 3.63) is 74.8 Å². The van der Waals surface area contributed by atoms with Crippen molar-refractivity contribution in [3.8, 4) is 11.3 Å². The van der Waals surface area contributed by atoms with E-state index in [9.17, 15) is 4.79 Å². The van der Waals surface area contributed by atoms with E-state index >= 15 is 0 Å². The fraction of sp³-hybridized carbons (Fsp3) is 0.0526. The molecule has 0 aliphatic carbocycles. The normalized spacial score (nSPS) is 15.5. The van der Waals surface area contributed by atoms with Crippen LogP contribution in [-0.4, -0.2) is 11.9 Å². The first-order valence-corrected chi connectivity index (χ1v) is 8.79. The lowest BCUT2D eigenvalue weighted by Crippen LogP contribution is -2.03. The van der Waals surface area contributed by atoms with E-state index in [0.717, 1.165) is 16.0 Å². The van der Waals surface area contributed by atoms with E-state index in [0.29, 0.717) is 22.4 Å². The molecule has 1 aliphatic heterocycles. The summed E-state index contributed by atoms with van der Waals surface area (Å²) in [6.45, 7) is 1.94. The molecular weight excluding hydrogens is 358 g/mol. The lowest BCUT2D eigenvalue weighted by Gasteiger charge is -2.00. The fourth-order valence-electron chi connectivity index (χ4n) is 2.38. The molecule has 1 aliphatic rings. The lowest BCUT2D eigenvalue weighted by atomic mass is 10.1. The third-order valence-corrected chi connectivity index (χ3v) is 4.98. The zero-order valence-electron chi connectivity index (χ0n) is 13.2. The number of carbonyl (C=O) groups excluding carboxylic acids is 1. The zero-order chi connectivity index (χ0) is 17.4. The van der Waals surface area contributed by atoms with Gasteiger partial charge in [0.2, 0.25) is 5.90 Å². The van der Waals surface area contributed by atoms with Crippen LogP contribution in [0.25, 0.3) is 17.4 Å². The minimum atomic E-state index is -0.486. The smallest absolute Gasteiger partial charge is 0.363 e. The van der Waals surface area contributed by atoms with Crippen LogP contribution < -0.4 is 0 Å². The van der Waals surface area contributed by atoms with Crippen LogP contribution in [0.1, 0.15) is 16.2 Å². The maximum absolute atomic E-state index is 12.0. The molecule has 0 unspecified atom stereocenters. The maximum Gasteiger partial charge on any atom is 0.363 e. The summed E-state index contributed by atoms with van der Waals surface area (Å²) < 4.78 is 11.0. The number of benzene rings is 1. The van der Waals surface area contributed by atoms with Gasteiger partial charge in [-0.15, -0.1) is 11.3 Å². The van der Waals surface area contributed by atoms with Crippen LogP contribution in [0, 0.1) is 6.92 Å². The summed E-state index contributed by atoms with van der Waals surface area (Å²) >= 11 is 7.62. The number of hydrogen-bond donors (Lipinski definition) is 0. The Morgan fingerprint density at radius 1 is 1.20 bits per heavy atom. The molecule has 4 rings (SSSR count). The monoisotopic (exact) mass is 369 g/mol. The summed E-state index contributed by atoms with van der Waals surface area (Å²) in [7, 11) is 0. The van der Waals surface area contributed by atoms with Crippen LogP contribution in [0.15, 0.2) is 63.0 Å². The Kier molecular flexibility index (Phi) is 4.03. The number of cyclic esters (lactones) is 1. The van der Waals surface area contributed by atoms with Crippen LogP contribution in [0.4, 0.5) is 0 Å². The predicted molar refractivity (Wildman–Crippen MR) is 98.8 cm³/mol. The van der Waals surface area contributed by atoms with Gasteiger partial charge in [-0.3, -0.25) is 0 Å². The second-order valence-corrected chi connectivity index (χ2v) is 6.83. The van der Waals surface area contributed by atoms with Gasteiger partial charge in [0.15, 0.2) is 5.70 Å². The Labute approximate surface area is 153 Å². The summed E-state index contributed by atoms with van der Waals surface area (Å²) in [4.78, 5) is 17.0. The number of furan rings is 1. The van der Waals surface area contributed by atoms with Crippen LogP contribution in [0.2, 0.25) is 5.02 Å². The van der Waals surface area contributed by atoms with Crippen molar-refractivity contribution >= 4 is 40.9 Å². The molecule has 0 atom stereocenters. The molecule has 1 aromatic carbocycles. The van der Waals surface area contributed by atoms with Gasteiger partial charge in [-0.2, -0.15) is 0 Å². The van der Waals surface area contributed by atoms with Crippen LogP contribution in [0.5, 0.6) is 0 Å². The van der Waals surface area contributed by atoms with Crippen molar-refractivity contribution in [2.45, 2.75) is 6.92 Å². The molecule has 0 bridgehead atoms. The summed E-state index contributed by atoms with van der Waals surface area (Å²) in [5.74, 6) is 1.03. The number of rotatable bonds is 3.